The van der Waals surface area contributed by atoms with Crippen molar-refractivity contribution in [3.63, 3.8) is 0 Å². The van der Waals surface area contributed by atoms with Gasteiger partial charge in [0, 0.05) is 12.4 Å². The number of aryl methyl sites for hydroxylation is 1. The minimum Gasteiger partial charge on any atom is -0.403 e. The summed E-state index contributed by atoms with van der Waals surface area (Å²) in [5.74, 6) is 0.626. The van der Waals surface area contributed by atoms with E-state index in [0.717, 1.165) is 12.8 Å². The van der Waals surface area contributed by atoms with Crippen LogP contribution in [0.15, 0.2) is 16.9 Å². The first kappa shape index (κ1) is 15.3. The molecule has 0 radical (unpaired) electrons. The lowest BCUT2D eigenvalue weighted by atomic mass is 10.2. The molecule has 0 atom stereocenters. The molecule has 112 valence electrons. The standard InChI is InChI=1S/C13H19N7S/c1-7-10(12(16)21-2)11(15)20-13(18-7)19-9(5-14)6-17-8-3-4-8/h5-6,8,16H,3-4,14H2,1-2H3,(H3,15,18,19,20). The summed E-state index contributed by atoms with van der Waals surface area (Å²) in [6.07, 6.45) is 7.17. The third-order valence-electron chi connectivity index (χ3n) is 2.96. The molecule has 0 saturated heterocycles. The highest BCUT2D eigenvalue weighted by Gasteiger charge is 2.19. The van der Waals surface area contributed by atoms with Crippen LogP contribution in [0.4, 0.5) is 11.8 Å². The number of nitrogens with one attached hydrogen (secondary N) is 2. The van der Waals surface area contributed by atoms with E-state index in [4.69, 9.17) is 16.9 Å². The predicted molar refractivity (Wildman–Crippen MR) is 88.9 cm³/mol. The highest BCUT2D eigenvalue weighted by atomic mass is 32.2. The highest BCUT2D eigenvalue weighted by molar-refractivity contribution is 8.13. The molecule has 7 nitrogen and oxygen atoms in total. The number of hydrogen-bond donors (Lipinski definition) is 4. The fraction of sp³-hybridized carbons (Fsp3) is 0.385. The maximum Gasteiger partial charge on any atom is 0.229 e. The van der Waals surface area contributed by atoms with Gasteiger partial charge in [-0.1, -0.05) is 0 Å². The monoisotopic (exact) mass is 305 g/mol. The lowest BCUT2D eigenvalue weighted by molar-refractivity contribution is 1.07. The summed E-state index contributed by atoms with van der Waals surface area (Å²) in [7, 11) is 0. The van der Waals surface area contributed by atoms with E-state index in [1.165, 1.54) is 18.0 Å². The minimum atomic E-state index is 0.278. The smallest absolute Gasteiger partial charge is 0.229 e. The van der Waals surface area contributed by atoms with Gasteiger partial charge in [-0.25, -0.2) is 4.98 Å². The Kier molecular flexibility index (Phi) is 4.79. The topological polar surface area (TPSA) is 126 Å². The van der Waals surface area contributed by atoms with Gasteiger partial charge < -0.3 is 16.8 Å². The molecular weight excluding hydrogens is 286 g/mol. The number of hydrogen-bond acceptors (Lipinski definition) is 8. The lowest BCUT2D eigenvalue weighted by Crippen LogP contribution is -2.13. The van der Waals surface area contributed by atoms with E-state index in [2.05, 4.69) is 20.3 Å². The number of rotatable bonds is 5. The third kappa shape index (κ3) is 3.94. The highest BCUT2D eigenvalue weighted by Crippen LogP contribution is 2.23. The van der Waals surface area contributed by atoms with Crippen molar-refractivity contribution >= 4 is 34.8 Å². The maximum atomic E-state index is 7.86. The van der Waals surface area contributed by atoms with Gasteiger partial charge >= 0.3 is 0 Å². The molecule has 0 bridgehead atoms. The average molecular weight is 305 g/mol. The molecule has 1 aliphatic carbocycles. The van der Waals surface area contributed by atoms with E-state index in [0.29, 0.717) is 34.0 Å². The van der Waals surface area contributed by atoms with Crippen molar-refractivity contribution in [1.29, 1.82) is 5.41 Å². The van der Waals surface area contributed by atoms with Crippen molar-refractivity contribution in [1.82, 2.24) is 9.97 Å². The summed E-state index contributed by atoms with van der Waals surface area (Å²) >= 11 is 1.30. The summed E-state index contributed by atoms with van der Waals surface area (Å²) in [6, 6.07) is 0.416. The molecule has 2 rings (SSSR count). The van der Waals surface area contributed by atoms with E-state index in [1.54, 1.807) is 13.1 Å². The molecule has 0 unspecified atom stereocenters. The van der Waals surface area contributed by atoms with Crippen LogP contribution in [0.3, 0.4) is 0 Å². The Morgan fingerprint density at radius 2 is 2.19 bits per heavy atom. The van der Waals surface area contributed by atoms with Gasteiger partial charge in [-0.2, -0.15) is 4.98 Å². The molecule has 0 aromatic carbocycles. The Hall–Kier alpha value is -2.09. The van der Waals surface area contributed by atoms with Gasteiger partial charge in [0.25, 0.3) is 0 Å². The number of anilines is 2. The molecule has 1 saturated carbocycles. The van der Waals surface area contributed by atoms with E-state index in [1.807, 2.05) is 6.26 Å². The van der Waals surface area contributed by atoms with Gasteiger partial charge in [0.2, 0.25) is 5.95 Å². The van der Waals surface area contributed by atoms with Crippen LogP contribution in [0, 0.1) is 12.3 Å². The Balaban J connectivity index is 2.18. The van der Waals surface area contributed by atoms with E-state index in [-0.39, 0.29) is 5.82 Å². The zero-order valence-corrected chi connectivity index (χ0v) is 12.9. The van der Waals surface area contributed by atoms with Gasteiger partial charge in [-0.05, 0) is 26.0 Å². The molecule has 8 heteroatoms. The first-order valence-electron chi connectivity index (χ1n) is 6.54. The normalized spacial score (nSPS) is 15.4. The largest absolute Gasteiger partial charge is 0.403 e. The van der Waals surface area contributed by atoms with Gasteiger partial charge in [-0.3, -0.25) is 10.4 Å². The number of aliphatic imine (C=N–C) groups is 1. The molecule has 1 heterocycles. The van der Waals surface area contributed by atoms with Crippen LogP contribution in [0.2, 0.25) is 0 Å². The first-order valence-corrected chi connectivity index (χ1v) is 7.76. The van der Waals surface area contributed by atoms with Crippen molar-refractivity contribution in [2.75, 3.05) is 17.3 Å². The molecule has 0 aliphatic heterocycles. The van der Waals surface area contributed by atoms with Crippen LogP contribution in [0.25, 0.3) is 0 Å². The Labute approximate surface area is 127 Å². The number of allylic oxidation sites excluding steroid dienone is 1. The Bertz CT molecular complexity index is 582. The van der Waals surface area contributed by atoms with E-state index in [9.17, 15) is 0 Å². The zero-order chi connectivity index (χ0) is 15.4. The summed E-state index contributed by atoms with van der Waals surface area (Å²) in [5.41, 5.74) is 13.3. The van der Waals surface area contributed by atoms with E-state index >= 15 is 0 Å². The number of thioether (sulfide) groups is 1. The van der Waals surface area contributed by atoms with Gasteiger partial charge in [0.15, 0.2) is 0 Å². The van der Waals surface area contributed by atoms with E-state index < -0.39 is 0 Å². The molecule has 0 spiro atoms. The van der Waals surface area contributed by atoms with Gasteiger partial charge in [0.1, 0.15) is 5.82 Å². The fourth-order valence-corrected chi connectivity index (χ4v) is 2.15. The van der Waals surface area contributed by atoms with Crippen LogP contribution >= 0.6 is 11.8 Å². The van der Waals surface area contributed by atoms with Crippen LogP contribution < -0.4 is 16.8 Å². The van der Waals surface area contributed by atoms with Crippen LogP contribution in [-0.2, 0) is 0 Å². The van der Waals surface area contributed by atoms with Gasteiger partial charge in [-0.15, -0.1) is 11.8 Å². The molecule has 1 aliphatic rings. The second-order valence-corrected chi connectivity index (χ2v) is 5.50. The second kappa shape index (κ2) is 6.57. The molecule has 21 heavy (non-hydrogen) atoms. The second-order valence-electron chi connectivity index (χ2n) is 4.68. The van der Waals surface area contributed by atoms with Gasteiger partial charge in [0.05, 0.1) is 28.0 Å². The zero-order valence-electron chi connectivity index (χ0n) is 12.1. The molecule has 0 amide bonds. The molecule has 1 aromatic rings. The summed E-state index contributed by atoms with van der Waals surface area (Å²) in [4.78, 5) is 12.8. The number of aromatic nitrogens is 2. The van der Waals surface area contributed by atoms with Crippen molar-refractivity contribution in [2.45, 2.75) is 25.8 Å². The first-order chi connectivity index (χ1) is 10.0. The minimum absolute atomic E-state index is 0.278. The Morgan fingerprint density at radius 1 is 1.48 bits per heavy atom. The average Bonchev–Trinajstić information content (AvgIpc) is 3.26. The Morgan fingerprint density at radius 3 is 2.71 bits per heavy atom. The molecular formula is C13H19N7S. The number of nitrogen functional groups attached to an aromatic ring is 1. The van der Waals surface area contributed by atoms with Crippen LogP contribution in [0.5, 0.6) is 0 Å². The van der Waals surface area contributed by atoms with Crippen molar-refractivity contribution in [3.8, 4) is 0 Å². The third-order valence-corrected chi connectivity index (χ3v) is 3.57. The molecule has 6 N–H and O–H groups in total. The number of nitrogens with zero attached hydrogens (tertiary/aromatic N) is 3. The predicted octanol–water partition coefficient (Wildman–Crippen LogP) is 1.50. The van der Waals surface area contributed by atoms with Crippen molar-refractivity contribution in [2.24, 2.45) is 10.7 Å². The quantitative estimate of drug-likeness (QED) is 0.482. The van der Waals surface area contributed by atoms with Crippen LogP contribution in [0.1, 0.15) is 24.1 Å². The molecule has 1 aromatic heterocycles. The van der Waals surface area contributed by atoms with Crippen LogP contribution in [-0.4, -0.2) is 33.5 Å². The lowest BCUT2D eigenvalue weighted by Gasteiger charge is -2.11. The maximum absolute atomic E-state index is 7.86. The van der Waals surface area contributed by atoms with Crippen molar-refractivity contribution < 1.29 is 0 Å². The summed E-state index contributed by atoms with van der Waals surface area (Å²) in [6.45, 7) is 1.80. The van der Waals surface area contributed by atoms with Crippen molar-refractivity contribution in [3.05, 3.63) is 23.2 Å². The summed E-state index contributed by atoms with van der Waals surface area (Å²) < 4.78 is 0. The summed E-state index contributed by atoms with van der Waals surface area (Å²) in [5, 5.41) is 11.2. The fourth-order valence-electron chi connectivity index (χ4n) is 1.69. The molecule has 1 fully saturated rings. The number of nitrogens with two attached hydrogens (primary N) is 2. The SMILES string of the molecule is CSC(=N)c1c(C)nc(NC(C=NC2CC2)=CN)nc1N.